The second-order valence-corrected chi connectivity index (χ2v) is 7.63. The minimum Gasteiger partial charge on any atom is -0.497 e. The number of Topliss-reactive ketones (excluding diaryl/α,β-unsaturated/α-hetero) is 1. The molecule has 1 fully saturated rings. The first-order valence-corrected chi connectivity index (χ1v) is 10.2. The summed E-state index contributed by atoms with van der Waals surface area (Å²) in [4.78, 5) is 13.2. The van der Waals surface area contributed by atoms with E-state index in [0.29, 0.717) is 17.1 Å². The van der Waals surface area contributed by atoms with E-state index in [2.05, 4.69) is 5.32 Å². The van der Waals surface area contributed by atoms with Crippen LogP contribution in [-0.2, 0) is 9.53 Å². The molecule has 1 N–H and O–H groups in total. The van der Waals surface area contributed by atoms with Crippen molar-refractivity contribution in [3.05, 3.63) is 54.3 Å². The third kappa shape index (κ3) is 3.95. The summed E-state index contributed by atoms with van der Waals surface area (Å²) in [5.41, 5.74) is 2.43. The molecule has 158 valence electrons. The normalized spacial score (nSPS) is 23.0. The fourth-order valence-electron chi connectivity index (χ4n) is 4.26. The quantitative estimate of drug-likeness (QED) is 0.767. The number of anilines is 1. The summed E-state index contributed by atoms with van der Waals surface area (Å²) in [5, 5.41) is 3.55. The summed E-state index contributed by atoms with van der Waals surface area (Å²) in [6, 6.07) is 13.7. The smallest absolute Gasteiger partial charge is 0.173 e. The predicted molar refractivity (Wildman–Crippen MR) is 115 cm³/mol. The molecular formula is C24H27NO5. The summed E-state index contributed by atoms with van der Waals surface area (Å²) in [6.07, 6.45) is 4.01. The SMILES string of the molecule is COc1ccc(NC2CCC3C(=O)C(c4ccc(OC)c(OC)c4)=COC3C2)cc1. The molecule has 6 heteroatoms. The molecule has 0 saturated heterocycles. The maximum absolute atomic E-state index is 13.2. The van der Waals surface area contributed by atoms with Crippen LogP contribution in [0, 0.1) is 5.92 Å². The zero-order valence-electron chi connectivity index (χ0n) is 17.5. The third-order valence-corrected chi connectivity index (χ3v) is 5.91. The molecule has 3 atom stereocenters. The molecular weight excluding hydrogens is 382 g/mol. The Morgan fingerprint density at radius 2 is 1.70 bits per heavy atom. The molecule has 2 aliphatic rings. The lowest BCUT2D eigenvalue weighted by Gasteiger charge is -2.38. The molecule has 6 nitrogen and oxygen atoms in total. The largest absolute Gasteiger partial charge is 0.497 e. The number of rotatable bonds is 6. The van der Waals surface area contributed by atoms with Crippen molar-refractivity contribution in [2.75, 3.05) is 26.6 Å². The van der Waals surface area contributed by atoms with E-state index >= 15 is 0 Å². The van der Waals surface area contributed by atoms with Gasteiger partial charge in [-0.25, -0.2) is 0 Å². The molecule has 1 aliphatic heterocycles. The average molecular weight is 409 g/mol. The van der Waals surface area contributed by atoms with Gasteiger partial charge in [-0.15, -0.1) is 0 Å². The van der Waals surface area contributed by atoms with Gasteiger partial charge in [0.2, 0.25) is 0 Å². The Kier molecular flexibility index (Phi) is 5.84. The summed E-state index contributed by atoms with van der Waals surface area (Å²) in [6.45, 7) is 0. The van der Waals surface area contributed by atoms with Crippen molar-refractivity contribution < 1.29 is 23.7 Å². The first-order chi connectivity index (χ1) is 14.6. The molecule has 30 heavy (non-hydrogen) atoms. The number of ketones is 1. The second kappa shape index (κ2) is 8.69. The van der Waals surface area contributed by atoms with Crippen LogP contribution in [0.5, 0.6) is 17.2 Å². The Morgan fingerprint density at radius 1 is 0.933 bits per heavy atom. The van der Waals surface area contributed by atoms with E-state index in [1.807, 2.05) is 42.5 Å². The zero-order chi connectivity index (χ0) is 21.1. The third-order valence-electron chi connectivity index (χ3n) is 5.91. The number of hydrogen-bond donors (Lipinski definition) is 1. The van der Waals surface area contributed by atoms with E-state index in [1.165, 1.54) is 0 Å². The molecule has 3 unspecified atom stereocenters. The van der Waals surface area contributed by atoms with Gasteiger partial charge in [-0.1, -0.05) is 6.07 Å². The summed E-state index contributed by atoms with van der Waals surface area (Å²) in [7, 11) is 4.84. The highest BCUT2D eigenvalue weighted by atomic mass is 16.5. The van der Waals surface area contributed by atoms with Crippen molar-refractivity contribution in [2.45, 2.75) is 31.4 Å². The molecule has 0 radical (unpaired) electrons. The highest BCUT2D eigenvalue weighted by molar-refractivity contribution is 6.22. The van der Waals surface area contributed by atoms with E-state index in [1.54, 1.807) is 27.6 Å². The van der Waals surface area contributed by atoms with E-state index in [4.69, 9.17) is 18.9 Å². The van der Waals surface area contributed by atoms with Crippen LogP contribution in [-0.4, -0.2) is 39.3 Å². The fraction of sp³-hybridized carbons (Fsp3) is 0.375. The van der Waals surface area contributed by atoms with Crippen molar-refractivity contribution in [2.24, 2.45) is 5.92 Å². The van der Waals surface area contributed by atoms with Crippen LogP contribution in [0.25, 0.3) is 5.57 Å². The highest BCUT2D eigenvalue weighted by Gasteiger charge is 2.40. The van der Waals surface area contributed by atoms with Gasteiger partial charge in [0.15, 0.2) is 17.3 Å². The van der Waals surface area contributed by atoms with E-state index < -0.39 is 0 Å². The minimum atomic E-state index is -0.119. The number of ether oxygens (including phenoxy) is 4. The Hall–Kier alpha value is -3.15. The van der Waals surface area contributed by atoms with Gasteiger partial charge >= 0.3 is 0 Å². The van der Waals surface area contributed by atoms with Gasteiger partial charge in [-0.3, -0.25) is 4.79 Å². The molecule has 1 aliphatic carbocycles. The molecule has 2 aromatic carbocycles. The molecule has 0 amide bonds. The zero-order valence-corrected chi connectivity index (χ0v) is 17.5. The Bertz CT molecular complexity index is 937. The molecule has 2 aromatic rings. The summed E-state index contributed by atoms with van der Waals surface area (Å²) < 4.78 is 21.9. The minimum absolute atomic E-state index is 0.106. The molecule has 1 heterocycles. The van der Waals surface area contributed by atoms with Crippen LogP contribution in [0.4, 0.5) is 5.69 Å². The predicted octanol–water partition coefficient (Wildman–Crippen LogP) is 4.30. The molecule has 0 bridgehead atoms. The Balaban J connectivity index is 1.46. The molecule has 4 rings (SSSR count). The maximum atomic E-state index is 13.2. The summed E-state index contributed by atoms with van der Waals surface area (Å²) >= 11 is 0. The second-order valence-electron chi connectivity index (χ2n) is 7.63. The monoisotopic (exact) mass is 409 g/mol. The number of hydrogen-bond acceptors (Lipinski definition) is 6. The van der Waals surface area contributed by atoms with Gasteiger partial charge in [-0.05, 0) is 54.8 Å². The van der Waals surface area contributed by atoms with E-state index in [-0.39, 0.29) is 23.8 Å². The number of allylic oxidation sites excluding steroid dienone is 1. The van der Waals surface area contributed by atoms with Crippen LogP contribution in [0.15, 0.2) is 48.7 Å². The summed E-state index contributed by atoms with van der Waals surface area (Å²) in [5.74, 6) is 2.08. The first-order valence-electron chi connectivity index (χ1n) is 10.2. The van der Waals surface area contributed by atoms with Crippen molar-refractivity contribution in [3.63, 3.8) is 0 Å². The number of nitrogens with one attached hydrogen (secondary N) is 1. The van der Waals surface area contributed by atoms with Crippen LogP contribution >= 0.6 is 0 Å². The van der Waals surface area contributed by atoms with Crippen LogP contribution in [0.3, 0.4) is 0 Å². The first kappa shape index (κ1) is 20.1. The van der Waals surface area contributed by atoms with Crippen LogP contribution in [0.1, 0.15) is 24.8 Å². The van der Waals surface area contributed by atoms with Crippen molar-refractivity contribution >= 4 is 17.0 Å². The number of fused-ring (bicyclic) bond motifs is 1. The maximum Gasteiger partial charge on any atom is 0.173 e. The van der Waals surface area contributed by atoms with Crippen molar-refractivity contribution in [3.8, 4) is 17.2 Å². The number of carbonyl (C=O) groups excluding carboxylic acids is 1. The fourth-order valence-corrected chi connectivity index (χ4v) is 4.26. The van der Waals surface area contributed by atoms with Gasteiger partial charge in [0.05, 0.1) is 39.1 Å². The molecule has 0 aromatic heterocycles. The van der Waals surface area contributed by atoms with Gasteiger partial charge in [0.1, 0.15) is 11.9 Å². The Labute approximate surface area is 176 Å². The Morgan fingerprint density at radius 3 is 2.40 bits per heavy atom. The highest BCUT2D eigenvalue weighted by Crippen LogP contribution is 2.39. The van der Waals surface area contributed by atoms with Gasteiger partial charge < -0.3 is 24.3 Å². The number of methoxy groups -OCH3 is 3. The van der Waals surface area contributed by atoms with Crippen molar-refractivity contribution in [1.82, 2.24) is 0 Å². The van der Waals surface area contributed by atoms with E-state index in [0.717, 1.165) is 36.3 Å². The van der Waals surface area contributed by atoms with Crippen molar-refractivity contribution in [1.29, 1.82) is 0 Å². The lowest BCUT2D eigenvalue weighted by molar-refractivity contribution is -0.124. The lowest BCUT2D eigenvalue weighted by Crippen LogP contribution is -2.42. The van der Waals surface area contributed by atoms with E-state index in [9.17, 15) is 4.79 Å². The van der Waals surface area contributed by atoms with Crippen LogP contribution < -0.4 is 19.5 Å². The molecule has 0 spiro atoms. The standard InChI is InChI=1S/C24H27NO5/c1-27-18-8-5-16(6-9-18)25-17-7-10-19-22(13-17)30-14-20(24(19)26)15-4-11-21(28-2)23(12-15)29-3/h4-6,8-9,11-12,14,17,19,22,25H,7,10,13H2,1-3H3. The lowest BCUT2D eigenvalue weighted by atomic mass is 9.77. The average Bonchev–Trinajstić information content (AvgIpc) is 2.79. The van der Waals surface area contributed by atoms with Crippen LogP contribution in [0.2, 0.25) is 0 Å². The van der Waals surface area contributed by atoms with Gasteiger partial charge in [0.25, 0.3) is 0 Å². The number of benzene rings is 2. The topological polar surface area (TPSA) is 66.0 Å². The number of carbonyl (C=O) groups is 1. The van der Waals surface area contributed by atoms with Gasteiger partial charge in [-0.2, -0.15) is 0 Å². The molecule has 1 saturated carbocycles. The van der Waals surface area contributed by atoms with Gasteiger partial charge in [0, 0.05) is 18.2 Å².